The molecule has 0 spiro atoms. The summed E-state index contributed by atoms with van der Waals surface area (Å²) >= 11 is 3.45. The van der Waals surface area contributed by atoms with Crippen molar-refractivity contribution in [3.8, 4) is 11.5 Å². The molecule has 7 heteroatoms. The number of ether oxygens (including phenoxy) is 2. The van der Waals surface area contributed by atoms with E-state index in [1.807, 2.05) is 13.8 Å². The van der Waals surface area contributed by atoms with Crippen LogP contribution < -0.4 is 14.8 Å². The summed E-state index contributed by atoms with van der Waals surface area (Å²) in [6.07, 6.45) is 1.98. The van der Waals surface area contributed by atoms with Gasteiger partial charge in [0.15, 0.2) is 5.69 Å². The Morgan fingerprint density at radius 1 is 1.40 bits per heavy atom. The minimum atomic E-state index is -0.316. The van der Waals surface area contributed by atoms with E-state index in [4.69, 9.17) is 9.47 Å². The van der Waals surface area contributed by atoms with Gasteiger partial charge in [0, 0.05) is 6.07 Å². The van der Waals surface area contributed by atoms with Crippen molar-refractivity contribution in [3.63, 3.8) is 0 Å². The first-order valence-corrected chi connectivity index (χ1v) is 9.13. The zero-order valence-corrected chi connectivity index (χ0v) is 16.6. The number of halogens is 1. The Hall–Kier alpha value is -2.02. The summed E-state index contributed by atoms with van der Waals surface area (Å²) in [6, 6.07) is 5.34. The van der Waals surface area contributed by atoms with Crippen LogP contribution in [0.25, 0.3) is 0 Å². The maximum Gasteiger partial charge on any atom is 0.277 e. The second-order valence-corrected chi connectivity index (χ2v) is 6.77. The number of H-pyrrole nitrogens is 1. The van der Waals surface area contributed by atoms with Crippen LogP contribution in [0, 0.1) is 0 Å². The third-order valence-electron chi connectivity index (χ3n) is 3.72. The van der Waals surface area contributed by atoms with Gasteiger partial charge in [0.2, 0.25) is 0 Å². The van der Waals surface area contributed by atoms with Crippen LogP contribution in [-0.2, 0) is 0 Å². The summed E-state index contributed by atoms with van der Waals surface area (Å²) < 4.78 is 11.7. The molecule has 0 aliphatic rings. The summed E-state index contributed by atoms with van der Waals surface area (Å²) in [5.74, 6) is 1.16. The first-order valence-electron chi connectivity index (χ1n) is 8.33. The fourth-order valence-electron chi connectivity index (χ4n) is 2.24. The number of nitrogens with one attached hydrogen (secondary N) is 2. The molecule has 0 saturated heterocycles. The maximum absolute atomic E-state index is 12.6. The Morgan fingerprint density at radius 3 is 2.76 bits per heavy atom. The number of unbranched alkanes of at least 4 members (excludes halogenated alkanes) is 1. The summed E-state index contributed by atoms with van der Waals surface area (Å²) in [5, 5.41) is 9.90. The van der Waals surface area contributed by atoms with Gasteiger partial charge in [-0.15, -0.1) is 0 Å². The largest absolute Gasteiger partial charge is 0.497 e. The number of benzene rings is 1. The number of nitrogens with zero attached hydrogens (tertiary/aromatic N) is 1. The van der Waals surface area contributed by atoms with Crippen LogP contribution in [0.3, 0.4) is 0 Å². The number of amides is 1. The Bertz CT molecular complexity index is 728. The number of aromatic nitrogens is 2. The first kappa shape index (κ1) is 19.3. The molecule has 0 bridgehead atoms. The van der Waals surface area contributed by atoms with Crippen LogP contribution in [0.15, 0.2) is 22.7 Å². The van der Waals surface area contributed by atoms with E-state index < -0.39 is 0 Å². The third-order valence-corrected chi connectivity index (χ3v) is 4.52. The van der Waals surface area contributed by atoms with Gasteiger partial charge in [-0.25, -0.2) is 0 Å². The van der Waals surface area contributed by atoms with E-state index in [1.165, 1.54) is 0 Å². The van der Waals surface area contributed by atoms with E-state index >= 15 is 0 Å². The molecular formula is C18H24BrN3O3. The van der Waals surface area contributed by atoms with Crippen LogP contribution in [0.5, 0.6) is 11.5 Å². The van der Waals surface area contributed by atoms with Crippen molar-refractivity contribution >= 4 is 27.5 Å². The van der Waals surface area contributed by atoms with Crippen LogP contribution >= 0.6 is 15.9 Å². The number of hydrogen-bond donors (Lipinski definition) is 2. The lowest BCUT2D eigenvalue weighted by Gasteiger charge is -2.13. The van der Waals surface area contributed by atoms with E-state index in [9.17, 15) is 4.79 Å². The van der Waals surface area contributed by atoms with Crippen molar-refractivity contribution in [1.29, 1.82) is 0 Å². The van der Waals surface area contributed by atoms with Crippen molar-refractivity contribution in [2.45, 2.75) is 39.5 Å². The van der Waals surface area contributed by atoms with Gasteiger partial charge in [-0.2, -0.15) is 5.10 Å². The number of carbonyl (C=O) groups is 1. The normalized spacial score (nSPS) is 10.8. The number of methoxy groups -OCH3 is 1. The molecule has 2 N–H and O–H groups in total. The van der Waals surface area contributed by atoms with Crippen LogP contribution in [0.1, 0.15) is 55.7 Å². The van der Waals surface area contributed by atoms with Gasteiger partial charge >= 0.3 is 0 Å². The monoisotopic (exact) mass is 409 g/mol. The molecule has 0 saturated carbocycles. The molecule has 0 atom stereocenters. The highest BCUT2D eigenvalue weighted by Gasteiger charge is 2.20. The zero-order chi connectivity index (χ0) is 18.4. The number of anilines is 1. The molecule has 1 heterocycles. The van der Waals surface area contributed by atoms with Gasteiger partial charge in [0.1, 0.15) is 11.5 Å². The summed E-state index contributed by atoms with van der Waals surface area (Å²) in [6.45, 7) is 6.75. The molecule has 1 aromatic heterocycles. The molecule has 0 unspecified atom stereocenters. The molecule has 1 aromatic carbocycles. The quantitative estimate of drug-likeness (QED) is 0.617. The van der Waals surface area contributed by atoms with E-state index in [0.717, 1.165) is 18.5 Å². The zero-order valence-electron chi connectivity index (χ0n) is 15.0. The smallest absolute Gasteiger partial charge is 0.277 e. The lowest BCUT2D eigenvalue weighted by Crippen LogP contribution is -2.14. The van der Waals surface area contributed by atoms with E-state index in [0.29, 0.717) is 34.0 Å². The van der Waals surface area contributed by atoms with Crippen LogP contribution in [0.2, 0.25) is 0 Å². The molecule has 1 amide bonds. The Balaban J connectivity index is 2.23. The van der Waals surface area contributed by atoms with Crippen molar-refractivity contribution in [2.24, 2.45) is 0 Å². The Labute approximate surface area is 156 Å². The van der Waals surface area contributed by atoms with E-state index in [2.05, 4.69) is 38.4 Å². The van der Waals surface area contributed by atoms with Crippen molar-refractivity contribution in [3.05, 3.63) is 34.1 Å². The molecular weight excluding hydrogens is 386 g/mol. The van der Waals surface area contributed by atoms with Crippen LogP contribution in [-0.4, -0.2) is 29.8 Å². The molecule has 2 rings (SSSR count). The van der Waals surface area contributed by atoms with Gasteiger partial charge in [0.05, 0.1) is 29.6 Å². The highest BCUT2D eigenvalue weighted by Crippen LogP contribution is 2.31. The van der Waals surface area contributed by atoms with E-state index in [-0.39, 0.29) is 11.8 Å². The molecule has 0 fully saturated rings. The summed E-state index contributed by atoms with van der Waals surface area (Å²) in [7, 11) is 1.58. The number of carbonyl (C=O) groups excluding carboxylic acids is 1. The predicted molar refractivity (Wildman–Crippen MR) is 102 cm³/mol. The minimum absolute atomic E-state index is 0.230. The fourth-order valence-corrected chi connectivity index (χ4v) is 3.06. The van der Waals surface area contributed by atoms with Gasteiger partial charge in [0.25, 0.3) is 5.91 Å². The van der Waals surface area contributed by atoms with Gasteiger partial charge < -0.3 is 14.8 Å². The molecule has 136 valence electrons. The lowest BCUT2D eigenvalue weighted by atomic mass is 10.1. The number of hydrogen-bond acceptors (Lipinski definition) is 4. The molecule has 0 radical (unpaired) electrons. The maximum atomic E-state index is 12.6. The lowest BCUT2D eigenvalue weighted by molar-refractivity contribution is 0.102. The standard InChI is InChI=1S/C18H24BrN3O3/c1-5-6-9-25-14-8-7-12(24-4)10-13(14)20-18(23)17-15(19)16(11(2)3)21-22-17/h7-8,10-11H,5-6,9H2,1-4H3,(H,20,23)(H,21,22). The van der Waals surface area contributed by atoms with Crippen molar-refractivity contribution < 1.29 is 14.3 Å². The van der Waals surface area contributed by atoms with Crippen LogP contribution in [0.4, 0.5) is 5.69 Å². The predicted octanol–water partition coefficient (Wildman–Crippen LogP) is 4.74. The average Bonchev–Trinajstić information content (AvgIpc) is 2.98. The van der Waals surface area contributed by atoms with Gasteiger partial charge in [-0.3, -0.25) is 9.89 Å². The summed E-state index contributed by atoms with van der Waals surface area (Å²) in [4.78, 5) is 12.6. The summed E-state index contributed by atoms with van der Waals surface area (Å²) in [5.41, 5.74) is 1.75. The molecule has 0 aliphatic heterocycles. The van der Waals surface area contributed by atoms with Gasteiger partial charge in [-0.05, 0) is 40.4 Å². The average molecular weight is 410 g/mol. The first-order chi connectivity index (χ1) is 12.0. The third kappa shape index (κ3) is 4.75. The Kier molecular flexibility index (Phi) is 6.87. The van der Waals surface area contributed by atoms with E-state index in [1.54, 1.807) is 25.3 Å². The second-order valence-electron chi connectivity index (χ2n) is 5.97. The van der Waals surface area contributed by atoms with Crippen molar-refractivity contribution in [1.82, 2.24) is 10.2 Å². The topological polar surface area (TPSA) is 76.2 Å². The SMILES string of the molecule is CCCCOc1ccc(OC)cc1NC(=O)c1n[nH]c(C(C)C)c1Br. The molecule has 25 heavy (non-hydrogen) atoms. The Morgan fingerprint density at radius 2 is 2.16 bits per heavy atom. The molecule has 0 aliphatic carbocycles. The highest BCUT2D eigenvalue weighted by molar-refractivity contribution is 9.10. The fraction of sp³-hybridized carbons (Fsp3) is 0.444. The van der Waals surface area contributed by atoms with Gasteiger partial charge in [-0.1, -0.05) is 27.2 Å². The minimum Gasteiger partial charge on any atom is -0.497 e. The van der Waals surface area contributed by atoms with Crippen molar-refractivity contribution in [2.75, 3.05) is 19.0 Å². The molecule has 2 aromatic rings. The molecule has 6 nitrogen and oxygen atoms in total. The second kappa shape index (κ2) is 8.89. The highest BCUT2D eigenvalue weighted by atomic mass is 79.9. The number of aromatic amines is 1. The number of rotatable bonds is 8.